The third-order valence-electron chi connectivity index (χ3n) is 5.10. The van der Waals surface area contributed by atoms with Gasteiger partial charge in [-0.25, -0.2) is 14.6 Å². The predicted octanol–water partition coefficient (Wildman–Crippen LogP) is 4.54. The fraction of sp³-hybridized carbons (Fsp3) is 0.261. The molecule has 148 valence electrons. The number of aromatic nitrogens is 2. The van der Waals surface area contributed by atoms with Gasteiger partial charge in [0.15, 0.2) is 5.69 Å². The molecule has 3 heterocycles. The summed E-state index contributed by atoms with van der Waals surface area (Å²) in [6.07, 6.45) is 1.66. The van der Waals surface area contributed by atoms with E-state index in [-0.39, 0.29) is 12.3 Å². The molecule has 0 N–H and O–H groups in total. The van der Waals surface area contributed by atoms with Gasteiger partial charge in [-0.15, -0.1) is 0 Å². The standard InChI is InChI=1S/C23H22N2O4/c1-13(2)17-10-18-16(9-22(26)29-20(18)8-14(17)3)12-28-23(27)19-11-25-15(4)6-5-7-21(25)24-19/h5-11,13H,12H2,1-4H3. The van der Waals surface area contributed by atoms with Gasteiger partial charge in [-0.05, 0) is 55.2 Å². The van der Waals surface area contributed by atoms with Crippen molar-refractivity contribution >= 4 is 22.6 Å². The number of hydrogen-bond acceptors (Lipinski definition) is 5. The summed E-state index contributed by atoms with van der Waals surface area (Å²) >= 11 is 0. The summed E-state index contributed by atoms with van der Waals surface area (Å²) in [4.78, 5) is 28.9. The lowest BCUT2D eigenvalue weighted by Gasteiger charge is -2.13. The van der Waals surface area contributed by atoms with E-state index in [1.807, 2.05) is 48.6 Å². The molecule has 6 heteroatoms. The highest BCUT2D eigenvalue weighted by atomic mass is 16.5. The van der Waals surface area contributed by atoms with Gasteiger partial charge in [-0.2, -0.15) is 0 Å². The van der Waals surface area contributed by atoms with E-state index in [1.54, 1.807) is 6.20 Å². The Bertz CT molecular complexity index is 1300. The van der Waals surface area contributed by atoms with Crippen LogP contribution < -0.4 is 5.63 Å². The third kappa shape index (κ3) is 3.53. The van der Waals surface area contributed by atoms with Crippen LogP contribution in [0, 0.1) is 13.8 Å². The first-order valence-corrected chi connectivity index (χ1v) is 9.52. The normalized spacial score (nSPS) is 11.5. The number of imidazole rings is 1. The summed E-state index contributed by atoms with van der Waals surface area (Å²) in [6, 6.07) is 10.9. The molecule has 0 saturated carbocycles. The molecule has 29 heavy (non-hydrogen) atoms. The lowest BCUT2D eigenvalue weighted by atomic mass is 9.95. The SMILES string of the molecule is Cc1cc2oc(=O)cc(COC(=O)c3cn4c(C)cccc4n3)c2cc1C(C)C. The summed E-state index contributed by atoms with van der Waals surface area (Å²) in [7, 11) is 0. The van der Waals surface area contributed by atoms with E-state index in [2.05, 4.69) is 18.8 Å². The van der Waals surface area contributed by atoms with Crippen LogP contribution in [0.1, 0.15) is 52.6 Å². The van der Waals surface area contributed by atoms with Crippen LogP contribution in [0.15, 0.2) is 51.8 Å². The molecule has 0 fully saturated rings. The van der Waals surface area contributed by atoms with Crippen molar-refractivity contribution in [2.24, 2.45) is 0 Å². The summed E-state index contributed by atoms with van der Waals surface area (Å²) in [5, 5.41) is 0.776. The number of aryl methyl sites for hydroxylation is 2. The average molecular weight is 390 g/mol. The molecule has 0 unspecified atom stereocenters. The van der Waals surface area contributed by atoms with E-state index in [0.29, 0.717) is 22.7 Å². The number of rotatable bonds is 4. The monoisotopic (exact) mass is 390 g/mol. The van der Waals surface area contributed by atoms with Crippen LogP contribution in [-0.2, 0) is 11.3 Å². The number of ether oxygens (including phenoxy) is 1. The zero-order chi connectivity index (χ0) is 20.7. The number of hydrogen-bond donors (Lipinski definition) is 0. The summed E-state index contributed by atoms with van der Waals surface area (Å²) in [5.74, 6) is -0.214. The first-order chi connectivity index (χ1) is 13.8. The number of carbonyl (C=O) groups is 1. The third-order valence-corrected chi connectivity index (χ3v) is 5.10. The highest BCUT2D eigenvalue weighted by Crippen LogP contribution is 2.27. The minimum atomic E-state index is -0.536. The Balaban J connectivity index is 1.66. The Kier molecular flexibility index (Phi) is 4.70. The molecule has 0 spiro atoms. The summed E-state index contributed by atoms with van der Waals surface area (Å²) in [5.41, 5.74) is 4.74. The van der Waals surface area contributed by atoms with E-state index in [9.17, 15) is 9.59 Å². The van der Waals surface area contributed by atoms with Crippen LogP contribution >= 0.6 is 0 Å². The largest absolute Gasteiger partial charge is 0.456 e. The Morgan fingerprint density at radius 3 is 2.72 bits per heavy atom. The number of benzene rings is 1. The van der Waals surface area contributed by atoms with Gasteiger partial charge in [0.25, 0.3) is 0 Å². The molecule has 0 amide bonds. The fourth-order valence-corrected chi connectivity index (χ4v) is 3.60. The first kappa shape index (κ1) is 18.9. The average Bonchev–Trinajstić information content (AvgIpc) is 3.10. The van der Waals surface area contributed by atoms with E-state index in [4.69, 9.17) is 9.15 Å². The molecule has 4 rings (SSSR count). The number of pyridine rings is 1. The maximum atomic E-state index is 12.5. The van der Waals surface area contributed by atoms with Crippen molar-refractivity contribution in [2.75, 3.05) is 0 Å². The quantitative estimate of drug-likeness (QED) is 0.378. The molecule has 0 saturated heterocycles. The molecule has 0 aliphatic heterocycles. The van der Waals surface area contributed by atoms with Crippen molar-refractivity contribution in [1.29, 1.82) is 0 Å². The Labute approximate surface area is 167 Å². The van der Waals surface area contributed by atoms with Gasteiger partial charge in [0, 0.05) is 28.9 Å². The van der Waals surface area contributed by atoms with Crippen LogP contribution in [0.2, 0.25) is 0 Å². The van der Waals surface area contributed by atoms with Crippen molar-refractivity contribution < 1.29 is 13.9 Å². The second-order valence-electron chi connectivity index (χ2n) is 7.55. The molecule has 0 bridgehead atoms. The van der Waals surface area contributed by atoms with E-state index in [0.717, 1.165) is 22.2 Å². The minimum Gasteiger partial charge on any atom is -0.456 e. The fourth-order valence-electron chi connectivity index (χ4n) is 3.60. The lowest BCUT2D eigenvalue weighted by molar-refractivity contribution is 0.0467. The zero-order valence-corrected chi connectivity index (χ0v) is 16.9. The minimum absolute atomic E-state index is 0.0333. The zero-order valence-electron chi connectivity index (χ0n) is 16.9. The van der Waals surface area contributed by atoms with E-state index in [1.165, 1.54) is 6.07 Å². The van der Waals surface area contributed by atoms with Crippen LogP contribution in [0.3, 0.4) is 0 Å². The predicted molar refractivity (Wildman–Crippen MR) is 110 cm³/mol. The number of fused-ring (bicyclic) bond motifs is 2. The molecule has 6 nitrogen and oxygen atoms in total. The Hall–Kier alpha value is -3.41. The smallest absolute Gasteiger partial charge is 0.358 e. The van der Waals surface area contributed by atoms with Gasteiger partial charge in [0.05, 0.1) is 0 Å². The van der Waals surface area contributed by atoms with Crippen molar-refractivity contribution in [2.45, 2.75) is 40.2 Å². The van der Waals surface area contributed by atoms with Gasteiger partial charge < -0.3 is 13.6 Å². The molecule has 0 aliphatic carbocycles. The molecule has 0 atom stereocenters. The summed E-state index contributed by atoms with van der Waals surface area (Å²) < 4.78 is 12.7. The van der Waals surface area contributed by atoms with E-state index < -0.39 is 11.6 Å². The maximum absolute atomic E-state index is 12.5. The van der Waals surface area contributed by atoms with Gasteiger partial charge in [-0.1, -0.05) is 19.9 Å². The molecule has 0 radical (unpaired) electrons. The first-order valence-electron chi connectivity index (χ1n) is 9.52. The second kappa shape index (κ2) is 7.20. The van der Waals surface area contributed by atoms with Crippen molar-refractivity contribution in [3.63, 3.8) is 0 Å². The van der Waals surface area contributed by atoms with Crippen molar-refractivity contribution in [1.82, 2.24) is 9.38 Å². The van der Waals surface area contributed by atoms with Crippen LogP contribution in [-0.4, -0.2) is 15.4 Å². The van der Waals surface area contributed by atoms with Crippen LogP contribution in [0.25, 0.3) is 16.6 Å². The molecule has 0 aliphatic rings. The van der Waals surface area contributed by atoms with Gasteiger partial charge >= 0.3 is 11.6 Å². The topological polar surface area (TPSA) is 73.8 Å². The highest BCUT2D eigenvalue weighted by molar-refractivity contribution is 5.88. The van der Waals surface area contributed by atoms with Crippen LogP contribution in [0.5, 0.6) is 0 Å². The second-order valence-corrected chi connectivity index (χ2v) is 7.55. The summed E-state index contributed by atoms with van der Waals surface area (Å²) in [6.45, 7) is 8.12. The Morgan fingerprint density at radius 2 is 2.00 bits per heavy atom. The number of nitrogens with zero attached hydrogens (tertiary/aromatic N) is 2. The van der Waals surface area contributed by atoms with Gasteiger partial charge in [-0.3, -0.25) is 0 Å². The number of carbonyl (C=O) groups excluding carboxylic acids is 1. The molecule has 3 aromatic heterocycles. The lowest BCUT2D eigenvalue weighted by Crippen LogP contribution is -2.08. The maximum Gasteiger partial charge on any atom is 0.358 e. The van der Waals surface area contributed by atoms with E-state index >= 15 is 0 Å². The molecular weight excluding hydrogens is 368 g/mol. The molecule has 4 aromatic rings. The number of esters is 1. The van der Waals surface area contributed by atoms with Crippen molar-refractivity contribution in [3.05, 3.63) is 81.1 Å². The molecule has 1 aromatic carbocycles. The van der Waals surface area contributed by atoms with Crippen LogP contribution in [0.4, 0.5) is 0 Å². The van der Waals surface area contributed by atoms with Crippen molar-refractivity contribution in [3.8, 4) is 0 Å². The highest BCUT2D eigenvalue weighted by Gasteiger charge is 2.16. The van der Waals surface area contributed by atoms with Gasteiger partial charge in [0.2, 0.25) is 0 Å². The Morgan fingerprint density at radius 1 is 1.21 bits per heavy atom. The van der Waals surface area contributed by atoms with Gasteiger partial charge in [0.1, 0.15) is 17.8 Å². The molecular formula is C23H22N2O4.